The lowest BCUT2D eigenvalue weighted by Gasteiger charge is -2.09. The van der Waals surface area contributed by atoms with Crippen LogP contribution in [0.15, 0.2) is 84.0 Å². The monoisotopic (exact) mass is 439 g/mol. The second-order valence-electron chi connectivity index (χ2n) is 7.24. The van der Waals surface area contributed by atoms with Crippen LogP contribution in [-0.2, 0) is 0 Å². The number of H-pyrrole nitrogens is 1. The summed E-state index contributed by atoms with van der Waals surface area (Å²) in [4.78, 5) is 0. The van der Waals surface area contributed by atoms with Gasteiger partial charge < -0.3 is 4.74 Å². The standard InChI is InChI=1S/C25H21N5OS/c1-2-31-20-13-11-17(12-14-20)24-27-28-25(32)30(24)29-26-16-23-21-9-5-3-7-18(21)15-19-8-4-6-10-22(19)23/h3-16,29H,2H2,1H3,(H,28,32)/b26-16-. The van der Waals surface area contributed by atoms with E-state index >= 15 is 0 Å². The average Bonchev–Trinajstić information content (AvgIpc) is 3.19. The van der Waals surface area contributed by atoms with Crippen LogP contribution in [-0.4, -0.2) is 27.7 Å². The summed E-state index contributed by atoms with van der Waals surface area (Å²) in [6.45, 7) is 2.58. The topological polar surface area (TPSA) is 67.2 Å². The molecule has 158 valence electrons. The number of aromatic amines is 1. The molecule has 0 atom stereocenters. The third kappa shape index (κ3) is 3.74. The maximum absolute atomic E-state index is 5.52. The Labute approximate surface area is 190 Å². The Morgan fingerprint density at radius 1 is 1.00 bits per heavy atom. The van der Waals surface area contributed by atoms with E-state index < -0.39 is 0 Å². The molecule has 0 spiro atoms. The molecule has 0 aliphatic heterocycles. The van der Waals surface area contributed by atoms with Gasteiger partial charge >= 0.3 is 0 Å². The van der Waals surface area contributed by atoms with Crippen molar-refractivity contribution in [3.63, 3.8) is 0 Å². The van der Waals surface area contributed by atoms with Crippen molar-refractivity contribution in [1.29, 1.82) is 0 Å². The molecule has 0 radical (unpaired) electrons. The summed E-state index contributed by atoms with van der Waals surface area (Å²) in [6, 6.07) is 26.5. The van der Waals surface area contributed by atoms with Crippen LogP contribution in [0, 0.1) is 4.77 Å². The number of ether oxygens (including phenoxy) is 1. The highest BCUT2D eigenvalue weighted by molar-refractivity contribution is 7.71. The molecular formula is C25H21N5OS. The zero-order valence-electron chi connectivity index (χ0n) is 17.4. The van der Waals surface area contributed by atoms with Crippen molar-refractivity contribution in [2.45, 2.75) is 6.92 Å². The predicted octanol–water partition coefficient (Wildman–Crippen LogP) is 5.89. The van der Waals surface area contributed by atoms with Crippen LogP contribution in [0.1, 0.15) is 12.5 Å². The first-order valence-electron chi connectivity index (χ1n) is 10.3. The molecule has 0 unspecified atom stereocenters. The van der Waals surface area contributed by atoms with Gasteiger partial charge in [-0.2, -0.15) is 14.9 Å². The van der Waals surface area contributed by atoms with Crippen LogP contribution in [0.5, 0.6) is 5.75 Å². The molecule has 2 N–H and O–H groups in total. The van der Waals surface area contributed by atoms with Crippen molar-refractivity contribution >= 4 is 40.0 Å². The number of rotatable bonds is 6. The molecule has 5 rings (SSSR count). The summed E-state index contributed by atoms with van der Waals surface area (Å²) >= 11 is 5.41. The van der Waals surface area contributed by atoms with E-state index in [2.05, 4.69) is 51.2 Å². The predicted molar refractivity (Wildman–Crippen MR) is 132 cm³/mol. The van der Waals surface area contributed by atoms with Gasteiger partial charge in [-0.25, -0.2) is 10.6 Å². The summed E-state index contributed by atoms with van der Waals surface area (Å²) < 4.78 is 7.59. The summed E-state index contributed by atoms with van der Waals surface area (Å²) in [5.74, 6) is 1.45. The first-order valence-corrected chi connectivity index (χ1v) is 10.8. The fraction of sp³-hybridized carbons (Fsp3) is 0.0800. The van der Waals surface area contributed by atoms with Gasteiger partial charge in [0, 0.05) is 11.1 Å². The highest BCUT2D eigenvalue weighted by atomic mass is 32.1. The first-order chi connectivity index (χ1) is 15.7. The van der Waals surface area contributed by atoms with Crippen molar-refractivity contribution in [3.8, 4) is 17.1 Å². The lowest BCUT2D eigenvalue weighted by atomic mass is 9.97. The molecule has 0 fully saturated rings. The number of fused-ring (bicyclic) bond motifs is 2. The molecule has 0 amide bonds. The van der Waals surface area contributed by atoms with Crippen molar-refractivity contribution in [3.05, 3.63) is 89.2 Å². The van der Waals surface area contributed by atoms with Crippen LogP contribution in [0.25, 0.3) is 32.9 Å². The van der Waals surface area contributed by atoms with E-state index in [1.165, 1.54) is 10.8 Å². The molecule has 0 aliphatic rings. The van der Waals surface area contributed by atoms with E-state index in [1.807, 2.05) is 61.7 Å². The molecular weight excluding hydrogens is 418 g/mol. The van der Waals surface area contributed by atoms with E-state index in [0.29, 0.717) is 17.2 Å². The van der Waals surface area contributed by atoms with Crippen LogP contribution in [0.2, 0.25) is 0 Å². The third-order valence-electron chi connectivity index (χ3n) is 5.26. The molecule has 5 aromatic rings. The van der Waals surface area contributed by atoms with Gasteiger partial charge in [0.1, 0.15) is 5.75 Å². The van der Waals surface area contributed by atoms with Crippen LogP contribution in [0.3, 0.4) is 0 Å². The Kier molecular flexibility index (Phi) is 5.39. The van der Waals surface area contributed by atoms with Crippen molar-refractivity contribution in [2.75, 3.05) is 12.1 Å². The van der Waals surface area contributed by atoms with Gasteiger partial charge in [0.25, 0.3) is 0 Å². The molecule has 1 heterocycles. The Bertz CT molecular complexity index is 1430. The number of hydrogen-bond acceptors (Lipinski definition) is 5. The van der Waals surface area contributed by atoms with Gasteiger partial charge in [0.05, 0.1) is 12.8 Å². The molecule has 1 aromatic heterocycles. The van der Waals surface area contributed by atoms with Crippen LogP contribution >= 0.6 is 12.2 Å². The lowest BCUT2D eigenvalue weighted by Crippen LogP contribution is -2.10. The van der Waals surface area contributed by atoms with Gasteiger partial charge in [-0.3, -0.25) is 0 Å². The Morgan fingerprint density at radius 2 is 1.66 bits per heavy atom. The number of hydrazone groups is 1. The van der Waals surface area contributed by atoms with E-state index in [9.17, 15) is 0 Å². The molecule has 4 aromatic carbocycles. The number of aromatic nitrogens is 3. The number of benzene rings is 4. The second kappa shape index (κ2) is 8.64. The van der Waals surface area contributed by atoms with Crippen molar-refractivity contribution in [1.82, 2.24) is 14.9 Å². The molecule has 6 nitrogen and oxygen atoms in total. The largest absolute Gasteiger partial charge is 0.494 e. The minimum atomic E-state index is 0.425. The fourth-order valence-corrected chi connectivity index (χ4v) is 3.96. The Morgan fingerprint density at radius 3 is 2.31 bits per heavy atom. The van der Waals surface area contributed by atoms with E-state index in [1.54, 1.807) is 4.68 Å². The SMILES string of the molecule is CCOc1ccc(-c2n[nH]c(=S)n2N/N=C\c2c3ccccc3cc3ccccc23)cc1. The zero-order chi connectivity index (χ0) is 21.9. The van der Waals surface area contributed by atoms with Gasteiger partial charge in [-0.15, -0.1) is 0 Å². The van der Waals surface area contributed by atoms with Crippen LogP contribution in [0.4, 0.5) is 0 Å². The Balaban J connectivity index is 1.51. The van der Waals surface area contributed by atoms with Crippen molar-refractivity contribution in [2.24, 2.45) is 5.10 Å². The van der Waals surface area contributed by atoms with Crippen molar-refractivity contribution < 1.29 is 4.74 Å². The summed E-state index contributed by atoms with van der Waals surface area (Å²) in [6.07, 6.45) is 1.83. The summed E-state index contributed by atoms with van der Waals surface area (Å²) in [7, 11) is 0. The first kappa shape index (κ1) is 20.0. The zero-order valence-corrected chi connectivity index (χ0v) is 18.3. The van der Waals surface area contributed by atoms with Gasteiger partial charge in [-0.05, 0) is 71.0 Å². The minimum Gasteiger partial charge on any atom is -0.494 e. The summed E-state index contributed by atoms with van der Waals surface area (Å²) in [5.41, 5.74) is 4.97. The Hall–Kier alpha value is -3.97. The normalized spacial score (nSPS) is 11.4. The highest BCUT2D eigenvalue weighted by Gasteiger charge is 2.09. The maximum Gasteiger partial charge on any atom is 0.216 e. The number of hydrogen-bond donors (Lipinski definition) is 2. The molecule has 0 bridgehead atoms. The fourth-order valence-electron chi connectivity index (χ4n) is 3.79. The molecule has 32 heavy (non-hydrogen) atoms. The quantitative estimate of drug-likeness (QED) is 0.150. The molecule has 0 saturated heterocycles. The second-order valence-corrected chi connectivity index (χ2v) is 7.62. The van der Waals surface area contributed by atoms with E-state index in [0.717, 1.165) is 27.6 Å². The molecule has 7 heteroatoms. The maximum atomic E-state index is 5.52. The lowest BCUT2D eigenvalue weighted by molar-refractivity contribution is 0.340. The smallest absolute Gasteiger partial charge is 0.216 e. The van der Waals surface area contributed by atoms with Gasteiger partial charge in [-0.1, -0.05) is 48.5 Å². The van der Waals surface area contributed by atoms with Gasteiger partial charge in [0.2, 0.25) is 4.77 Å². The third-order valence-corrected chi connectivity index (χ3v) is 5.53. The molecule has 0 saturated carbocycles. The number of nitrogens with one attached hydrogen (secondary N) is 2. The average molecular weight is 440 g/mol. The summed E-state index contributed by atoms with van der Waals surface area (Å²) in [5, 5.41) is 16.3. The van der Waals surface area contributed by atoms with Crippen LogP contribution < -0.4 is 10.3 Å². The van der Waals surface area contributed by atoms with E-state index in [4.69, 9.17) is 17.0 Å². The minimum absolute atomic E-state index is 0.425. The van der Waals surface area contributed by atoms with Gasteiger partial charge in [0.15, 0.2) is 5.82 Å². The number of nitrogens with zero attached hydrogens (tertiary/aromatic N) is 3. The highest BCUT2D eigenvalue weighted by Crippen LogP contribution is 2.27. The van der Waals surface area contributed by atoms with E-state index in [-0.39, 0.29) is 0 Å². The molecule has 0 aliphatic carbocycles.